The van der Waals surface area contributed by atoms with Crippen LogP contribution in [0.4, 0.5) is 0 Å². The lowest BCUT2D eigenvalue weighted by Crippen LogP contribution is -2.06. The van der Waals surface area contributed by atoms with Gasteiger partial charge in [0, 0.05) is 12.2 Å². The van der Waals surface area contributed by atoms with Gasteiger partial charge in [0.05, 0.1) is 13.2 Å². The average Bonchev–Trinajstić information content (AvgIpc) is 2.37. The topological polar surface area (TPSA) is 71.1 Å². The first kappa shape index (κ1) is 16.6. The summed E-state index contributed by atoms with van der Waals surface area (Å²) in [5.41, 5.74) is 0. The zero-order valence-corrected chi connectivity index (χ0v) is 10.8. The standard InChI is InChI=1S/C12H20O6/c1-3-5-9-15-17-11(13)7-8-12(14)18-16-10-6-4-2/h7-8H,3-6,9-10H2,1-2H3/b8-7-. The number of hydrogen-bond acceptors (Lipinski definition) is 6. The van der Waals surface area contributed by atoms with Gasteiger partial charge in [-0.2, -0.15) is 9.78 Å². The van der Waals surface area contributed by atoms with Gasteiger partial charge in [-0.25, -0.2) is 9.59 Å². The normalized spacial score (nSPS) is 10.6. The van der Waals surface area contributed by atoms with Crippen molar-refractivity contribution >= 4 is 11.9 Å². The minimum Gasteiger partial charge on any atom is -0.294 e. The van der Waals surface area contributed by atoms with Gasteiger partial charge in [0.15, 0.2) is 0 Å². The molecule has 0 aromatic rings. The molecule has 6 nitrogen and oxygen atoms in total. The molecule has 0 N–H and O–H groups in total. The molecular formula is C12H20O6. The van der Waals surface area contributed by atoms with Crippen LogP contribution in [0.5, 0.6) is 0 Å². The quantitative estimate of drug-likeness (QED) is 0.259. The zero-order valence-electron chi connectivity index (χ0n) is 10.8. The van der Waals surface area contributed by atoms with Gasteiger partial charge >= 0.3 is 11.9 Å². The minimum atomic E-state index is -0.767. The Morgan fingerprint density at radius 3 is 1.56 bits per heavy atom. The van der Waals surface area contributed by atoms with Crippen LogP contribution in [-0.2, 0) is 29.1 Å². The second-order valence-corrected chi connectivity index (χ2v) is 3.49. The van der Waals surface area contributed by atoms with E-state index in [1.807, 2.05) is 13.8 Å². The van der Waals surface area contributed by atoms with E-state index in [2.05, 4.69) is 19.6 Å². The maximum atomic E-state index is 11.0. The average molecular weight is 260 g/mol. The second kappa shape index (κ2) is 12.1. The molecule has 0 spiro atoms. The summed E-state index contributed by atoms with van der Waals surface area (Å²) in [7, 11) is 0. The molecule has 0 unspecified atom stereocenters. The van der Waals surface area contributed by atoms with E-state index in [9.17, 15) is 9.59 Å². The Bertz CT molecular complexity index is 235. The Morgan fingerprint density at radius 1 is 0.833 bits per heavy atom. The molecule has 0 aromatic carbocycles. The molecule has 0 atom stereocenters. The van der Waals surface area contributed by atoms with Gasteiger partial charge in [-0.15, -0.1) is 0 Å². The molecule has 0 amide bonds. The number of unbranched alkanes of at least 4 members (excludes halogenated alkanes) is 2. The number of rotatable bonds is 10. The lowest BCUT2D eigenvalue weighted by atomic mass is 10.4. The molecule has 104 valence electrons. The predicted octanol–water partition coefficient (Wildman–Crippen LogP) is 2.09. The van der Waals surface area contributed by atoms with Crippen molar-refractivity contribution in [3.63, 3.8) is 0 Å². The molecule has 0 aliphatic rings. The van der Waals surface area contributed by atoms with Crippen molar-refractivity contribution in [2.75, 3.05) is 13.2 Å². The van der Waals surface area contributed by atoms with Crippen LogP contribution in [0.3, 0.4) is 0 Å². The maximum Gasteiger partial charge on any atom is 0.366 e. The smallest absolute Gasteiger partial charge is 0.294 e. The van der Waals surface area contributed by atoms with Gasteiger partial charge in [0.25, 0.3) is 0 Å². The van der Waals surface area contributed by atoms with Crippen molar-refractivity contribution in [1.29, 1.82) is 0 Å². The lowest BCUT2D eigenvalue weighted by Gasteiger charge is -2.00. The van der Waals surface area contributed by atoms with Gasteiger partial charge in [-0.05, 0) is 12.8 Å². The Kier molecular flexibility index (Phi) is 11.1. The van der Waals surface area contributed by atoms with Gasteiger partial charge < -0.3 is 0 Å². The molecule has 0 heterocycles. The third-order valence-electron chi connectivity index (χ3n) is 1.80. The fraction of sp³-hybridized carbons (Fsp3) is 0.667. The van der Waals surface area contributed by atoms with E-state index in [0.29, 0.717) is 13.2 Å². The second-order valence-electron chi connectivity index (χ2n) is 3.49. The van der Waals surface area contributed by atoms with Crippen LogP contribution in [0.2, 0.25) is 0 Å². The highest BCUT2D eigenvalue weighted by Gasteiger charge is 2.02. The Hall–Kier alpha value is -1.40. The van der Waals surface area contributed by atoms with Crippen LogP contribution in [0.1, 0.15) is 39.5 Å². The van der Waals surface area contributed by atoms with Gasteiger partial charge in [-0.1, -0.05) is 26.7 Å². The molecule has 0 bridgehead atoms. The zero-order chi connectivity index (χ0) is 13.6. The number of hydrogen-bond donors (Lipinski definition) is 0. The molecule has 18 heavy (non-hydrogen) atoms. The summed E-state index contributed by atoms with van der Waals surface area (Å²) < 4.78 is 0. The van der Waals surface area contributed by atoms with E-state index >= 15 is 0 Å². The summed E-state index contributed by atoms with van der Waals surface area (Å²) in [5, 5.41) is 0. The predicted molar refractivity (Wildman–Crippen MR) is 63.0 cm³/mol. The van der Waals surface area contributed by atoms with Crippen molar-refractivity contribution < 1.29 is 29.1 Å². The molecule has 0 aromatic heterocycles. The number of carbonyl (C=O) groups is 2. The molecule has 0 saturated heterocycles. The van der Waals surface area contributed by atoms with Crippen LogP contribution in [-0.4, -0.2) is 25.2 Å². The molecule has 0 radical (unpaired) electrons. The SMILES string of the molecule is CCCCOOC(=O)/C=C\C(=O)OOCCCC. The van der Waals surface area contributed by atoms with E-state index in [0.717, 1.165) is 37.8 Å². The Balaban J connectivity index is 3.58. The van der Waals surface area contributed by atoms with Gasteiger partial charge in [-0.3, -0.25) is 9.78 Å². The highest BCUT2D eigenvalue weighted by atomic mass is 17.2. The Labute approximate surface area is 107 Å². The van der Waals surface area contributed by atoms with Crippen molar-refractivity contribution in [3.05, 3.63) is 12.2 Å². The first-order chi connectivity index (χ1) is 8.70. The molecular weight excluding hydrogens is 240 g/mol. The monoisotopic (exact) mass is 260 g/mol. The Morgan fingerprint density at radius 2 is 1.22 bits per heavy atom. The van der Waals surface area contributed by atoms with E-state index in [1.165, 1.54) is 0 Å². The minimum absolute atomic E-state index is 0.334. The van der Waals surface area contributed by atoms with Crippen molar-refractivity contribution in [2.45, 2.75) is 39.5 Å². The molecule has 0 rings (SSSR count). The molecule has 0 aliphatic carbocycles. The van der Waals surface area contributed by atoms with Crippen LogP contribution >= 0.6 is 0 Å². The van der Waals surface area contributed by atoms with Crippen LogP contribution in [0.25, 0.3) is 0 Å². The van der Waals surface area contributed by atoms with Gasteiger partial charge in [0.2, 0.25) is 0 Å². The highest BCUT2D eigenvalue weighted by molar-refractivity contribution is 5.91. The fourth-order valence-corrected chi connectivity index (χ4v) is 0.798. The van der Waals surface area contributed by atoms with E-state index < -0.39 is 11.9 Å². The van der Waals surface area contributed by atoms with E-state index in [-0.39, 0.29) is 0 Å². The van der Waals surface area contributed by atoms with Crippen LogP contribution in [0.15, 0.2) is 12.2 Å². The summed E-state index contributed by atoms with van der Waals surface area (Å²) in [6.45, 7) is 4.64. The van der Waals surface area contributed by atoms with Crippen molar-refractivity contribution in [1.82, 2.24) is 0 Å². The van der Waals surface area contributed by atoms with E-state index in [4.69, 9.17) is 0 Å². The van der Waals surface area contributed by atoms with Crippen molar-refractivity contribution in [2.24, 2.45) is 0 Å². The first-order valence-corrected chi connectivity index (χ1v) is 6.05. The van der Waals surface area contributed by atoms with Crippen LogP contribution in [0, 0.1) is 0 Å². The molecule has 0 saturated carbocycles. The summed E-state index contributed by atoms with van der Waals surface area (Å²) in [4.78, 5) is 39.9. The molecule has 6 heteroatoms. The molecule has 0 fully saturated rings. The third kappa shape index (κ3) is 11.1. The third-order valence-corrected chi connectivity index (χ3v) is 1.80. The number of carbonyl (C=O) groups excluding carboxylic acids is 2. The summed E-state index contributed by atoms with van der Waals surface area (Å²) in [5.74, 6) is -1.53. The molecule has 0 aliphatic heterocycles. The lowest BCUT2D eigenvalue weighted by molar-refractivity contribution is -0.269. The summed E-state index contributed by atoms with van der Waals surface area (Å²) in [6.07, 6.45) is 5.30. The first-order valence-electron chi connectivity index (χ1n) is 6.05. The van der Waals surface area contributed by atoms with Crippen molar-refractivity contribution in [3.8, 4) is 0 Å². The van der Waals surface area contributed by atoms with E-state index in [1.54, 1.807) is 0 Å². The van der Waals surface area contributed by atoms with Gasteiger partial charge in [0.1, 0.15) is 0 Å². The fourth-order valence-electron chi connectivity index (χ4n) is 0.798. The largest absolute Gasteiger partial charge is 0.366 e. The van der Waals surface area contributed by atoms with Crippen LogP contribution < -0.4 is 0 Å². The summed E-state index contributed by atoms with van der Waals surface area (Å²) in [6, 6.07) is 0. The maximum absolute atomic E-state index is 11.0. The summed E-state index contributed by atoms with van der Waals surface area (Å²) >= 11 is 0. The highest BCUT2D eigenvalue weighted by Crippen LogP contribution is 1.93.